The maximum absolute atomic E-state index is 12.9. The first kappa shape index (κ1) is 19.7. The zero-order valence-corrected chi connectivity index (χ0v) is 16.7. The van der Waals surface area contributed by atoms with E-state index in [1.807, 2.05) is 17.7 Å². The number of fused-ring (bicyclic) bond motifs is 1. The van der Waals surface area contributed by atoms with E-state index in [1.165, 1.54) is 28.6 Å². The maximum Gasteiger partial charge on any atom is 0.416 e. The SMILES string of the molecule is O=S(=O)(c1ccc(CN2C=Cc3ccsc3C2)cc1)c1cccc(C(F)(F)F)c1. The van der Waals surface area contributed by atoms with E-state index >= 15 is 0 Å². The second kappa shape index (κ2) is 7.35. The van der Waals surface area contributed by atoms with Crippen LogP contribution in [0.25, 0.3) is 6.08 Å². The van der Waals surface area contributed by atoms with E-state index in [0.29, 0.717) is 12.6 Å². The van der Waals surface area contributed by atoms with Gasteiger partial charge in [-0.05, 0) is 59.0 Å². The van der Waals surface area contributed by atoms with E-state index in [1.54, 1.807) is 23.5 Å². The fourth-order valence-corrected chi connectivity index (χ4v) is 5.34. The Labute approximate surface area is 170 Å². The molecule has 0 N–H and O–H groups in total. The predicted molar refractivity (Wildman–Crippen MR) is 106 cm³/mol. The van der Waals surface area contributed by atoms with E-state index in [9.17, 15) is 21.6 Å². The molecular weight excluding hydrogens is 419 g/mol. The van der Waals surface area contributed by atoms with Crippen LogP contribution in [0.4, 0.5) is 13.2 Å². The Balaban J connectivity index is 1.53. The zero-order valence-electron chi connectivity index (χ0n) is 15.1. The van der Waals surface area contributed by atoms with Crippen LogP contribution in [-0.4, -0.2) is 13.3 Å². The van der Waals surface area contributed by atoms with Crippen molar-refractivity contribution in [2.45, 2.75) is 29.1 Å². The van der Waals surface area contributed by atoms with Gasteiger partial charge in [-0.1, -0.05) is 18.2 Å². The van der Waals surface area contributed by atoms with Crippen molar-refractivity contribution < 1.29 is 21.6 Å². The van der Waals surface area contributed by atoms with Gasteiger partial charge in [-0.2, -0.15) is 13.2 Å². The number of benzene rings is 2. The average Bonchev–Trinajstić information content (AvgIpc) is 3.16. The second-order valence-corrected chi connectivity index (χ2v) is 9.64. The minimum absolute atomic E-state index is 0.0321. The van der Waals surface area contributed by atoms with E-state index in [2.05, 4.69) is 11.0 Å². The summed E-state index contributed by atoms with van der Waals surface area (Å²) in [6, 6.07) is 12.1. The summed E-state index contributed by atoms with van der Waals surface area (Å²) in [5.74, 6) is 0. The minimum Gasteiger partial charge on any atom is -0.368 e. The zero-order chi connectivity index (χ0) is 20.6. The van der Waals surface area contributed by atoms with Gasteiger partial charge in [-0.15, -0.1) is 11.3 Å². The maximum atomic E-state index is 12.9. The normalized spacial score (nSPS) is 14.1. The molecule has 0 saturated heterocycles. The topological polar surface area (TPSA) is 37.4 Å². The van der Waals surface area contributed by atoms with Gasteiger partial charge in [0.2, 0.25) is 9.84 Å². The van der Waals surface area contributed by atoms with Crippen LogP contribution in [0, 0.1) is 0 Å². The lowest BCUT2D eigenvalue weighted by Gasteiger charge is -2.23. The molecule has 0 unspecified atom stereocenters. The highest BCUT2D eigenvalue weighted by atomic mass is 32.2. The van der Waals surface area contributed by atoms with Crippen LogP contribution in [0.3, 0.4) is 0 Å². The molecule has 150 valence electrons. The molecule has 0 aliphatic carbocycles. The highest BCUT2D eigenvalue weighted by molar-refractivity contribution is 7.91. The van der Waals surface area contributed by atoms with Crippen molar-refractivity contribution in [3.63, 3.8) is 0 Å². The third kappa shape index (κ3) is 4.09. The molecule has 3 aromatic rings. The first-order valence-electron chi connectivity index (χ1n) is 8.73. The van der Waals surface area contributed by atoms with Crippen LogP contribution in [-0.2, 0) is 29.1 Å². The van der Waals surface area contributed by atoms with Gasteiger partial charge >= 0.3 is 6.18 Å². The molecule has 2 aromatic carbocycles. The molecule has 0 bridgehead atoms. The van der Waals surface area contributed by atoms with Gasteiger partial charge in [0.05, 0.1) is 21.9 Å². The van der Waals surface area contributed by atoms with E-state index in [4.69, 9.17) is 0 Å². The number of hydrogen-bond acceptors (Lipinski definition) is 4. The first-order valence-corrected chi connectivity index (χ1v) is 11.1. The Morgan fingerprint density at radius 1 is 1.00 bits per heavy atom. The summed E-state index contributed by atoms with van der Waals surface area (Å²) >= 11 is 1.69. The summed E-state index contributed by atoms with van der Waals surface area (Å²) in [6.45, 7) is 1.39. The summed E-state index contributed by atoms with van der Waals surface area (Å²) in [5, 5.41) is 2.05. The molecule has 0 spiro atoms. The number of nitrogens with zero attached hydrogens (tertiary/aromatic N) is 1. The molecule has 0 amide bonds. The van der Waals surface area contributed by atoms with Crippen molar-refractivity contribution in [2.24, 2.45) is 0 Å². The minimum atomic E-state index is -4.60. The quantitative estimate of drug-likeness (QED) is 0.536. The van der Waals surface area contributed by atoms with E-state index in [-0.39, 0.29) is 9.79 Å². The number of rotatable bonds is 4. The Hall–Kier alpha value is -2.58. The molecule has 29 heavy (non-hydrogen) atoms. The Kier molecular flexibility index (Phi) is 5.00. The average molecular weight is 435 g/mol. The number of halogens is 3. The molecule has 1 aromatic heterocycles. The Morgan fingerprint density at radius 2 is 1.76 bits per heavy atom. The van der Waals surface area contributed by atoms with Crippen LogP contribution in [0.1, 0.15) is 21.6 Å². The smallest absolute Gasteiger partial charge is 0.368 e. The van der Waals surface area contributed by atoms with Gasteiger partial charge in [0.1, 0.15) is 0 Å². The fourth-order valence-electron chi connectivity index (χ4n) is 3.14. The molecule has 4 rings (SSSR count). The molecule has 0 fully saturated rings. The van der Waals surface area contributed by atoms with Crippen LogP contribution >= 0.6 is 11.3 Å². The molecule has 0 radical (unpaired) electrons. The van der Waals surface area contributed by atoms with Gasteiger partial charge in [-0.3, -0.25) is 0 Å². The van der Waals surface area contributed by atoms with Crippen LogP contribution in [0.2, 0.25) is 0 Å². The lowest BCUT2D eigenvalue weighted by Crippen LogP contribution is -2.18. The van der Waals surface area contributed by atoms with Crippen LogP contribution < -0.4 is 0 Å². The van der Waals surface area contributed by atoms with Gasteiger partial charge in [-0.25, -0.2) is 8.42 Å². The summed E-state index contributed by atoms with van der Waals surface area (Å²) in [5.41, 5.74) is 1.14. The van der Waals surface area contributed by atoms with Gasteiger partial charge in [0.25, 0.3) is 0 Å². The molecule has 0 saturated carbocycles. The van der Waals surface area contributed by atoms with Gasteiger partial charge in [0.15, 0.2) is 0 Å². The summed E-state index contributed by atoms with van der Waals surface area (Å²) in [7, 11) is -4.03. The van der Waals surface area contributed by atoms with Crippen molar-refractivity contribution >= 4 is 27.3 Å². The van der Waals surface area contributed by atoms with Crippen molar-refractivity contribution in [3.05, 3.63) is 87.7 Å². The highest BCUT2D eigenvalue weighted by Gasteiger charge is 2.32. The van der Waals surface area contributed by atoms with Crippen molar-refractivity contribution in [3.8, 4) is 0 Å². The van der Waals surface area contributed by atoms with E-state index < -0.39 is 21.6 Å². The lowest BCUT2D eigenvalue weighted by atomic mass is 10.1. The third-order valence-corrected chi connectivity index (χ3v) is 7.37. The van der Waals surface area contributed by atoms with Crippen molar-refractivity contribution in [2.75, 3.05) is 0 Å². The molecule has 1 aliphatic heterocycles. The Morgan fingerprint density at radius 3 is 2.48 bits per heavy atom. The Bertz CT molecular complexity index is 1160. The van der Waals surface area contributed by atoms with E-state index in [0.717, 1.165) is 24.2 Å². The summed E-state index contributed by atoms with van der Waals surface area (Å²) in [6.07, 6.45) is -0.552. The molecule has 0 atom stereocenters. The van der Waals surface area contributed by atoms with Crippen molar-refractivity contribution in [1.29, 1.82) is 0 Å². The van der Waals surface area contributed by atoms with Gasteiger partial charge in [0, 0.05) is 17.6 Å². The predicted octanol–water partition coefficient (Wildman–Crippen LogP) is 5.59. The largest absolute Gasteiger partial charge is 0.416 e. The first-order chi connectivity index (χ1) is 13.7. The lowest BCUT2D eigenvalue weighted by molar-refractivity contribution is -0.137. The highest BCUT2D eigenvalue weighted by Crippen LogP contribution is 2.32. The number of alkyl halides is 3. The standard InChI is InChI=1S/C21H16F3NO2S2/c22-21(23,24)17-2-1-3-19(12-17)29(26,27)18-6-4-15(5-7-18)13-25-10-8-16-9-11-28-20(16)14-25/h1-12H,13-14H2. The molecular formula is C21H16F3NO2S2. The molecule has 8 heteroatoms. The van der Waals surface area contributed by atoms with Crippen LogP contribution in [0.15, 0.2) is 76.0 Å². The molecule has 1 aliphatic rings. The molecule has 3 nitrogen and oxygen atoms in total. The summed E-state index contributed by atoms with van der Waals surface area (Å²) < 4.78 is 64.2. The fraction of sp³-hybridized carbons (Fsp3) is 0.143. The van der Waals surface area contributed by atoms with Crippen molar-refractivity contribution in [1.82, 2.24) is 4.90 Å². The van der Waals surface area contributed by atoms with Crippen LogP contribution in [0.5, 0.6) is 0 Å². The van der Waals surface area contributed by atoms with Gasteiger partial charge < -0.3 is 4.90 Å². The number of hydrogen-bond donors (Lipinski definition) is 0. The molecule has 2 heterocycles. The summed E-state index contributed by atoms with van der Waals surface area (Å²) in [4.78, 5) is 2.99. The monoisotopic (exact) mass is 435 g/mol. The number of sulfone groups is 1. The number of thiophene rings is 1. The second-order valence-electron chi connectivity index (χ2n) is 6.69. The third-order valence-electron chi connectivity index (χ3n) is 4.68.